The third-order valence-corrected chi connectivity index (χ3v) is 9.10. The highest BCUT2D eigenvalue weighted by Crippen LogP contribution is 2.24. The number of hydrogen-bond donors (Lipinski definition) is 7. The number of hydroxylamine groups is 2. The van der Waals surface area contributed by atoms with Crippen LogP contribution in [-0.4, -0.2) is 178 Å². The number of aldehydes is 3. The van der Waals surface area contributed by atoms with Crippen molar-refractivity contribution in [2.75, 3.05) is 70.0 Å². The van der Waals surface area contributed by atoms with Crippen LogP contribution in [0.15, 0.2) is 38.5 Å². The Kier molecular flexibility index (Phi) is 79.1. The standard InChI is InChI=1S/C10H13NO4S.C8H9NO5S.C8H9NO3.C5H8O2S.C2H4OS.2C2H4.4CH5N.H3NO/c1-2-7(13)6-11-9(14)5-8(10(11)15)16-4-3-12;1-5(10)15-4-8(13)14-9-6(11)2-3-7(9)12;1-2-6(10)5-9-7(11)3-4-8(9)12;1-5(7)4-8-3-2-6;3-1-2-4;7*1-2/h3,8H,2,4-6H2,1H3;2-4H2,1H3;3-4H,2,5H2,1H3;2H,3-4H2,1H3;1,4H,2H2;2*1-2H2;4*2H2,1H3;2H,1H2. The zero-order valence-electron chi connectivity index (χ0n) is 40.7. The van der Waals surface area contributed by atoms with E-state index in [9.17, 15) is 62.3 Å². The second-order valence-corrected chi connectivity index (χ2v) is 14.2. The minimum Gasteiger partial charge on any atom is -0.333 e. The van der Waals surface area contributed by atoms with Crippen molar-refractivity contribution in [2.45, 2.75) is 65.0 Å². The van der Waals surface area contributed by atoms with Crippen LogP contribution in [0.5, 0.6) is 0 Å². The van der Waals surface area contributed by atoms with Gasteiger partial charge in [-0.25, -0.2) is 10.7 Å². The maximum atomic E-state index is 11.7. The number of thioether (sulfide) groups is 3. The molecule has 69 heavy (non-hydrogen) atoms. The number of amides is 6. The monoisotopic (exact) mass is 1060 g/mol. The van der Waals surface area contributed by atoms with Crippen LogP contribution in [0.25, 0.3) is 0 Å². The predicted molar refractivity (Wildman–Crippen MR) is 273 cm³/mol. The van der Waals surface area contributed by atoms with E-state index in [-0.39, 0.29) is 78.1 Å². The van der Waals surface area contributed by atoms with Gasteiger partial charge in [-0.1, -0.05) is 25.6 Å². The van der Waals surface area contributed by atoms with Crippen LogP contribution in [0.2, 0.25) is 0 Å². The number of thiol groups is 1. The summed E-state index contributed by atoms with van der Waals surface area (Å²) in [6.45, 7) is 18.0. The van der Waals surface area contributed by atoms with Crippen molar-refractivity contribution >= 4 is 131 Å². The molecule has 0 spiro atoms. The van der Waals surface area contributed by atoms with Gasteiger partial charge in [0.25, 0.3) is 23.6 Å². The van der Waals surface area contributed by atoms with Crippen molar-refractivity contribution in [1.82, 2.24) is 14.9 Å². The number of imide groups is 3. The number of likely N-dealkylation sites (tertiary alicyclic amines) is 1. The average Bonchev–Trinajstić information content (AvgIpc) is 3.98. The van der Waals surface area contributed by atoms with Gasteiger partial charge in [0.05, 0.1) is 24.1 Å². The summed E-state index contributed by atoms with van der Waals surface area (Å²) < 4.78 is 0. The molecule has 1 atom stereocenters. The Morgan fingerprint density at radius 1 is 0.696 bits per heavy atom. The Morgan fingerprint density at radius 3 is 1.42 bits per heavy atom. The molecule has 0 aliphatic carbocycles. The van der Waals surface area contributed by atoms with Gasteiger partial charge in [0.15, 0.2) is 16.7 Å². The van der Waals surface area contributed by atoms with Gasteiger partial charge in [0.1, 0.15) is 30.4 Å². The first kappa shape index (κ1) is 83.9. The fraction of sp³-hybridized carbons (Fsp3) is 0.512. The number of Topliss-reactive ketones (excluding diaryl/α,β-unsaturated/α-hetero) is 3. The van der Waals surface area contributed by atoms with Crippen LogP contribution in [0, 0.1) is 0 Å². The van der Waals surface area contributed by atoms with Crippen molar-refractivity contribution in [3.63, 3.8) is 0 Å². The molecular weight excluding hydrogens is 989 g/mol. The topological polar surface area (TPSA) is 408 Å². The lowest BCUT2D eigenvalue weighted by atomic mass is 10.3. The number of carbonyl (C=O) groups excluding carboxylic acids is 14. The van der Waals surface area contributed by atoms with Gasteiger partial charge in [-0.3, -0.25) is 57.7 Å². The van der Waals surface area contributed by atoms with Crippen molar-refractivity contribution in [3.05, 3.63) is 38.5 Å². The molecule has 2 saturated heterocycles. The first-order valence-corrected chi connectivity index (χ1v) is 23.5. The second kappa shape index (κ2) is 65.0. The van der Waals surface area contributed by atoms with E-state index in [0.29, 0.717) is 41.4 Å². The molecule has 28 heteroatoms. The molecule has 3 heterocycles. The molecule has 0 saturated carbocycles. The highest BCUT2D eigenvalue weighted by Gasteiger charge is 2.39. The van der Waals surface area contributed by atoms with E-state index in [2.05, 4.69) is 72.6 Å². The molecule has 0 radical (unpaired) electrons. The van der Waals surface area contributed by atoms with Gasteiger partial charge in [0, 0.05) is 68.4 Å². The number of hydrogen-bond acceptors (Lipinski definition) is 25. The molecule has 3 aliphatic rings. The molecule has 24 nitrogen and oxygen atoms in total. The summed E-state index contributed by atoms with van der Waals surface area (Å²) in [5.41, 5.74) is 18.0. The summed E-state index contributed by atoms with van der Waals surface area (Å²) in [5.74, 6) is 1.28. The van der Waals surface area contributed by atoms with Crippen molar-refractivity contribution in [1.29, 1.82) is 0 Å². The molecule has 0 aromatic carbocycles. The summed E-state index contributed by atoms with van der Waals surface area (Å²) in [5, 5.41) is 6.23. The highest BCUT2D eigenvalue weighted by atomic mass is 32.2. The molecule has 11 N–H and O–H groups in total. The van der Waals surface area contributed by atoms with E-state index in [0.717, 1.165) is 45.9 Å². The lowest BCUT2D eigenvalue weighted by Crippen LogP contribution is -2.35. The third kappa shape index (κ3) is 50.7. The summed E-state index contributed by atoms with van der Waals surface area (Å²) in [4.78, 5) is 156. The van der Waals surface area contributed by atoms with Gasteiger partial charge >= 0.3 is 5.97 Å². The maximum Gasteiger partial charge on any atom is 0.343 e. The molecular formula is C41H74N8O16S4. The van der Waals surface area contributed by atoms with Crippen LogP contribution in [0.4, 0.5) is 0 Å². The van der Waals surface area contributed by atoms with Crippen LogP contribution in [0.3, 0.4) is 0 Å². The second-order valence-electron chi connectivity index (χ2n) is 10.4. The Balaban J connectivity index is -0.0000000905. The Morgan fingerprint density at radius 2 is 1.09 bits per heavy atom. The molecule has 398 valence electrons. The Bertz CT molecular complexity index is 1510. The van der Waals surface area contributed by atoms with E-state index < -0.39 is 34.8 Å². The molecule has 0 aromatic heterocycles. The highest BCUT2D eigenvalue weighted by molar-refractivity contribution is 8.14. The molecule has 1 unspecified atom stereocenters. The van der Waals surface area contributed by atoms with Gasteiger partial charge in [0.2, 0.25) is 11.8 Å². The summed E-state index contributed by atoms with van der Waals surface area (Å²) in [6.07, 6.45) is 5.45. The molecule has 6 amide bonds. The Hall–Kier alpha value is -5.04. The summed E-state index contributed by atoms with van der Waals surface area (Å²) in [6, 6.07) is 0. The number of rotatable bonds is 17. The van der Waals surface area contributed by atoms with Gasteiger partial charge < -0.3 is 47.4 Å². The smallest absolute Gasteiger partial charge is 0.333 e. The van der Waals surface area contributed by atoms with Crippen molar-refractivity contribution in [3.8, 4) is 0 Å². The van der Waals surface area contributed by atoms with Crippen LogP contribution in [0.1, 0.15) is 59.8 Å². The minimum atomic E-state index is -0.779. The fourth-order valence-electron chi connectivity index (χ4n) is 3.47. The number of nitrogens with two attached hydrogens (primary N) is 5. The van der Waals surface area contributed by atoms with Gasteiger partial charge in [-0.15, -0.1) is 54.9 Å². The lowest BCUT2D eigenvalue weighted by Gasteiger charge is -2.12. The molecule has 3 aliphatic heterocycles. The Labute approximate surface area is 423 Å². The summed E-state index contributed by atoms with van der Waals surface area (Å²) >= 11 is 6.80. The molecule has 2 fully saturated rings. The van der Waals surface area contributed by atoms with E-state index >= 15 is 0 Å². The zero-order chi connectivity index (χ0) is 56.5. The first-order valence-electron chi connectivity index (χ1n) is 19.7. The largest absolute Gasteiger partial charge is 0.343 e. The molecule has 0 bridgehead atoms. The van der Waals surface area contributed by atoms with Gasteiger partial charge in [-0.05, 0) is 35.1 Å². The summed E-state index contributed by atoms with van der Waals surface area (Å²) in [7, 11) is 6.00. The SMILES string of the molecule is C=C.C=C.CC(=O)CSCC=O.CC(=O)SCC(=O)ON1C(=O)CCC1=O.CCC(=O)CN1C(=O)C=CC1=O.CCC(=O)CN1C(=O)CC(SCC=O)C1=O.CN.CN.CN.CN.NO.O=CCS. The maximum absolute atomic E-state index is 11.7. The van der Waals surface area contributed by atoms with Crippen molar-refractivity contribution < 1.29 is 77.2 Å². The zero-order valence-corrected chi connectivity index (χ0v) is 44.1. The minimum absolute atomic E-state index is 0.0615. The van der Waals surface area contributed by atoms with E-state index in [1.165, 1.54) is 66.0 Å². The first-order chi connectivity index (χ1) is 32.9. The third-order valence-electron chi connectivity index (χ3n) is 6.08. The number of nitrogens with zero attached hydrogens (tertiary/aromatic N) is 3. The lowest BCUT2D eigenvalue weighted by molar-refractivity contribution is -0.195. The normalized spacial score (nSPS) is 12.8. The van der Waals surface area contributed by atoms with Gasteiger partial charge in [-0.2, -0.15) is 12.6 Å². The molecule has 0 aromatic rings. The van der Waals surface area contributed by atoms with Crippen LogP contribution < -0.4 is 28.8 Å². The molecule has 3 rings (SSSR count). The average molecular weight is 1060 g/mol. The fourth-order valence-corrected chi connectivity index (χ4v) is 5.18. The van der Waals surface area contributed by atoms with Crippen molar-refractivity contribution in [2.24, 2.45) is 28.8 Å². The van der Waals surface area contributed by atoms with Crippen LogP contribution >= 0.6 is 47.9 Å². The van der Waals surface area contributed by atoms with Crippen LogP contribution in [-0.2, 0) is 72.0 Å². The van der Waals surface area contributed by atoms with E-state index in [4.69, 9.17) is 10.0 Å². The van der Waals surface area contributed by atoms with E-state index in [1.807, 2.05) is 0 Å². The van der Waals surface area contributed by atoms with E-state index in [1.54, 1.807) is 13.8 Å². The quantitative estimate of drug-likeness (QED) is 0.0244. The number of carbonyl (C=O) groups is 14. The predicted octanol–water partition coefficient (Wildman–Crippen LogP) is -0.350. The number of ketones is 3.